The molecule has 0 spiro atoms. The lowest BCUT2D eigenvalue weighted by molar-refractivity contribution is 0.102. The summed E-state index contributed by atoms with van der Waals surface area (Å²) in [7, 11) is 0. The van der Waals surface area contributed by atoms with E-state index in [1.54, 1.807) is 19.1 Å². The van der Waals surface area contributed by atoms with Gasteiger partial charge in [-0.3, -0.25) is 4.79 Å². The van der Waals surface area contributed by atoms with E-state index in [2.05, 4.69) is 21.2 Å². The number of aromatic hydroxyl groups is 1. The van der Waals surface area contributed by atoms with Crippen LogP contribution < -0.4 is 5.32 Å². The molecule has 1 amide bonds. The molecule has 0 saturated heterocycles. The standard InChI is InChI=1S/C15H14BrNO2/c1-9-3-4-11(16)8-14(9)17-15(19)13-6-5-12(18)7-10(13)2/h3-8,18H,1-2H3,(H,17,19). The SMILES string of the molecule is Cc1ccc(Br)cc1NC(=O)c1ccc(O)cc1C. The smallest absolute Gasteiger partial charge is 0.255 e. The number of anilines is 1. The summed E-state index contributed by atoms with van der Waals surface area (Å²) in [5, 5.41) is 12.2. The predicted molar refractivity (Wildman–Crippen MR) is 79.7 cm³/mol. The van der Waals surface area contributed by atoms with E-state index in [0.29, 0.717) is 5.56 Å². The Labute approximate surface area is 120 Å². The number of rotatable bonds is 2. The van der Waals surface area contributed by atoms with Gasteiger partial charge in [0.2, 0.25) is 0 Å². The minimum atomic E-state index is -0.182. The Balaban J connectivity index is 2.28. The van der Waals surface area contributed by atoms with Crippen molar-refractivity contribution in [3.05, 3.63) is 57.6 Å². The first-order valence-electron chi connectivity index (χ1n) is 5.84. The van der Waals surface area contributed by atoms with Crippen molar-refractivity contribution in [2.45, 2.75) is 13.8 Å². The lowest BCUT2D eigenvalue weighted by Gasteiger charge is -2.10. The van der Waals surface area contributed by atoms with Gasteiger partial charge >= 0.3 is 0 Å². The summed E-state index contributed by atoms with van der Waals surface area (Å²) >= 11 is 3.38. The first-order valence-corrected chi connectivity index (χ1v) is 6.64. The summed E-state index contributed by atoms with van der Waals surface area (Å²) < 4.78 is 0.913. The maximum Gasteiger partial charge on any atom is 0.255 e. The molecule has 19 heavy (non-hydrogen) atoms. The molecule has 0 heterocycles. The maximum absolute atomic E-state index is 12.2. The molecule has 0 aliphatic heterocycles. The molecule has 4 heteroatoms. The van der Waals surface area contributed by atoms with Crippen LogP contribution in [-0.2, 0) is 0 Å². The zero-order valence-electron chi connectivity index (χ0n) is 10.7. The molecule has 0 fully saturated rings. The Kier molecular flexibility index (Phi) is 3.90. The van der Waals surface area contributed by atoms with Gasteiger partial charge in [0.15, 0.2) is 0 Å². The highest BCUT2D eigenvalue weighted by Crippen LogP contribution is 2.22. The monoisotopic (exact) mass is 319 g/mol. The van der Waals surface area contributed by atoms with Crippen molar-refractivity contribution in [2.75, 3.05) is 5.32 Å². The van der Waals surface area contributed by atoms with Crippen LogP contribution in [0.3, 0.4) is 0 Å². The van der Waals surface area contributed by atoms with Crippen molar-refractivity contribution in [3.8, 4) is 5.75 Å². The molecule has 98 valence electrons. The van der Waals surface area contributed by atoms with Crippen molar-refractivity contribution in [3.63, 3.8) is 0 Å². The van der Waals surface area contributed by atoms with E-state index in [-0.39, 0.29) is 11.7 Å². The largest absolute Gasteiger partial charge is 0.508 e. The number of hydrogen-bond donors (Lipinski definition) is 2. The molecule has 2 aromatic rings. The highest BCUT2D eigenvalue weighted by atomic mass is 79.9. The summed E-state index contributed by atoms with van der Waals surface area (Å²) in [4.78, 5) is 12.2. The van der Waals surface area contributed by atoms with E-state index < -0.39 is 0 Å². The number of carbonyl (C=O) groups excluding carboxylic acids is 1. The van der Waals surface area contributed by atoms with Gasteiger partial charge in [0, 0.05) is 15.7 Å². The number of halogens is 1. The van der Waals surface area contributed by atoms with Gasteiger partial charge in [0.25, 0.3) is 5.91 Å². The third kappa shape index (κ3) is 3.15. The van der Waals surface area contributed by atoms with E-state index in [4.69, 9.17) is 0 Å². The van der Waals surface area contributed by atoms with Gasteiger partial charge in [0.1, 0.15) is 5.75 Å². The van der Waals surface area contributed by atoms with Gasteiger partial charge in [-0.15, -0.1) is 0 Å². The van der Waals surface area contributed by atoms with Gasteiger partial charge in [-0.2, -0.15) is 0 Å². The van der Waals surface area contributed by atoms with Crippen LogP contribution >= 0.6 is 15.9 Å². The molecule has 2 aromatic carbocycles. The van der Waals surface area contributed by atoms with E-state index in [1.165, 1.54) is 6.07 Å². The average molecular weight is 320 g/mol. The van der Waals surface area contributed by atoms with Crippen LogP contribution in [0.5, 0.6) is 5.75 Å². The maximum atomic E-state index is 12.2. The molecule has 0 aliphatic rings. The number of carbonyl (C=O) groups is 1. The van der Waals surface area contributed by atoms with Crippen molar-refractivity contribution >= 4 is 27.5 Å². The zero-order valence-corrected chi connectivity index (χ0v) is 12.3. The third-order valence-corrected chi connectivity index (χ3v) is 3.40. The number of hydrogen-bond acceptors (Lipinski definition) is 2. The Bertz CT molecular complexity index is 638. The van der Waals surface area contributed by atoms with Crippen molar-refractivity contribution < 1.29 is 9.90 Å². The number of nitrogens with one attached hydrogen (secondary N) is 1. The average Bonchev–Trinajstić information content (AvgIpc) is 2.33. The molecule has 0 unspecified atom stereocenters. The van der Waals surface area contributed by atoms with E-state index in [1.807, 2.05) is 25.1 Å². The van der Waals surface area contributed by atoms with Crippen LogP contribution in [0.1, 0.15) is 21.5 Å². The molecular weight excluding hydrogens is 306 g/mol. The predicted octanol–water partition coefficient (Wildman–Crippen LogP) is 4.02. The highest BCUT2D eigenvalue weighted by Gasteiger charge is 2.11. The molecular formula is C15H14BrNO2. The second-order valence-electron chi connectivity index (χ2n) is 4.41. The second kappa shape index (κ2) is 5.45. The lowest BCUT2D eigenvalue weighted by atomic mass is 10.1. The fourth-order valence-corrected chi connectivity index (χ4v) is 2.18. The van der Waals surface area contributed by atoms with Crippen molar-refractivity contribution in [1.29, 1.82) is 0 Å². The normalized spacial score (nSPS) is 10.3. The summed E-state index contributed by atoms with van der Waals surface area (Å²) in [6.07, 6.45) is 0. The van der Waals surface area contributed by atoms with Crippen molar-refractivity contribution in [1.82, 2.24) is 0 Å². The molecule has 0 radical (unpaired) electrons. The Hall–Kier alpha value is -1.81. The Morgan fingerprint density at radius 3 is 2.53 bits per heavy atom. The molecule has 0 saturated carbocycles. The van der Waals surface area contributed by atoms with Gasteiger partial charge in [-0.25, -0.2) is 0 Å². The number of phenols is 1. The van der Waals surface area contributed by atoms with Crippen LogP contribution in [0.25, 0.3) is 0 Å². The number of amides is 1. The molecule has 0 bridgehead atoms. The fourth-order valence-electron chi connectivity index (χ4n) is 1.82. The molecule has 2 rings (SSSR count). The fraction of sp³-hybridized carbons (Fsp3) is 0.133. The summed E-state index contributed by atoms with van der Waals surface area (Å²) in [6.45, 7) is 3.73. The van der Waals surface area contributed by atoms with Gasteiger partial charge in [0.05, 0.1) is 0 Å². The van der Waals surface area contributed by atoms with Crippen LogP contribution in [0, 0.1) is 13.8 Å². The van der Waals surface area contributed by atoms with Gasteiger partial charge in [-0.05, 0) is 55.3 Å². The molecule has 0 atom stereocenters. The minimum Gasteiger partial charge on any atom is -0.508 e. The summed E-state index contributed by atoms with van der Waals surface area (Å²) in [5.74, 6) is -0.0219. The molecule has 0 aromatic heterocycles. The van der Waals surface area contributed by atoms with Crippen LogP contribution in [0.4, 0.5) is 5.69 Å². The van der Waals surface area contributed by atoms with Crippen LogP contribution in [-0.4, -0.2) is 11.0 Å². The zero-order chi connectivity index (χ0) is 14.0. The molecule has 2 N–H and O–H groups in total. The minimum absolute atomic E-state index is 0.160. The Morgan fingerprint density at radius 1 is 1.11 bits per heavy atom. The van der Waals surface area contributed by atoms with E-state index >= 15 is 0 Å². The van der Waals surface area contributed by atoms with Crippen LogP contribution in [0.15, 0.2) is 40.9 Å². The summed E-state index contributed by atoms with van der Waals surface area (Å²) in [5.41, 5.74) is 3.06. The molecule has 0 aliphatic carbocycles. The number of aryl methyl sites for hydroxylation is 2. The topological polar surface area (TPSA) is 49.3 Å². The lowest BCUT2D eigenvalue weighted by Crippen LogP contribution is -2.14. The number of phenolic OH excluding ortho intramolecular Hbond substituents is 1. The summed E-state index contributed by atoms with van der Waals surface area (Å²) in [6, 6.07) is 10.4. The molecule has 3 nitrogen and oxygen atoms in total. The van der Waals surface area contributed by atoms with E-state index in [0.717, 1.165) is 21.3 Å². The first-order chi connectivity index (χ1) is 8.97. The number of benzene rings is 2. The Morgan fingerprint density at radius 2 is 1.84 bits per heavy atom. The quantitative estimate of drug-likeness (QED) is 0.878. The van der Waals surface area contributed by atoms with Crippen molar-refractivity contribution in [2.24, 2.45) is 0 Å². The third-order valence-electron chi connectivity index (χ3n) is 2.90. The first kappa shape index (κ1) is 13.6. The van der Waals surface area contributed by atoms with Gasteiger partial charge in [-0.1, -0.05) is 22.0 Å². The van der Waals surface area contributed by atoms with E-state index in [9.17, 15) is 9.90 Å². The second-order valence-corrected chi connectivity index (χ2v) is 5.33. The van der Waals surface area contributed by atoms with Gasteiger partial charge < -0.3 is 10.4 Å². The highest BCUT2D eigenvalue weighted by molar-refractivity contribution is 9.10. The van der Waals surface area contributed by atoms with Crippen LogP contribution in [0.2, 0.25) is 0 Å².